The minimum atomic E-state index is -1.02. The number of carbonyl (C=O) groups excluding carboxylic acids is 3. The highest BCUT2D eigenvalue weighted by molar-refractivity contribution is 5.97. The van der Waals surface area contributed by atoms with Gasteiger partial charge in [0.25, 0.3) is 11.6 Å². The van der Waals surface area contributed by atoms with Gasteiger partial charge in [-0.1, -0.05) is 18.2 Å². The molecule has 0 saturated carbocycles. The van der Waals surface area contributed by atoms with E-state index in [1.165, 1.54) is 25.3 Å². The Bertz CT molecular complexity index is 978. The molecule has 0 aliphatic heterocycles. The molecule has 0 heterocycles. The highest BCUT2D eigenvalue weighted by atomic mass is 16.6. The molecular formula is C22H24N2O7. The summed E-state index contributed by atoms with van der Waals surface area (Å²) in [6.07, 6.45) is 0.0991. The fraction of sp³-hybridized carbons (Fsp3) is 0.318. The van der Waals surface area contributed by atoms with Crippen molar-refractivity contribution in [2.45, 2.75) is 38.8 Å². The second kappa shape index (κ2) is 9.84. The van der Waals surface area contributed by atoms with E-state index in [0.717, 1.165) is 6.07 Å². The zero-order valence-electron chi connectivity index (χ0n) is 17.7. The van der Waals surface area contributed by atoms with Gasteiger partial charge in [-0.3, -0.25) is 14.9 Å². The summed E-state index contributed by atoms with van der Waals surface area (Å²) in [5.74, 6) is -1.79. The molecule has 0 saturated heterocycles. The van der Waals surface area contributed by atoms with E-state index in [4.69, 9.17) is 9.47 Å². The molecule has 31 heavy (non-hydrogen) atoms. The van der Waals surface area contributed by atoms with Crippen LogP contribution in [0.25, 0.3) is 0 Å². The molecular weight excluding hydrogens is 404 g/mol. The summed E-state index contributed by atoms with van der Waals surface area (Å²) in [7, 11) is 1.19. The van der Waals surface area contributed by atoms with Gasteiger partial charge in [-0.05, 0) is 44.5 Å². The number of nitro benzene ring substituents is 1. The van der Waals surface area contributed by atoms with Crippen molar-refractivity contribution < 1.29 is 28.8 Å². The molecule has 0 aliphatic carbocycles. The van der Waals surface area contributed by atoms with Crippen LogP contribution >= 0.6 is 0 Å². The maximum Gasteiger partial charge on any atom is 0.338 e. The second-order valence-corrected chi connectivity index (χ2v) is 7.76. The number of nitro groups is 1. The Morgan fingerprint density at radius 3 is 2.26 bits per heavy atom. The van der Waals surface area contributed by atoms with Crippen LogP contribution in [0.3, 0.4) is 0 Å². The molecule has 2 rings (SSSR count). The predicted molar refractivity (Wildman–Crippen MR) is 112 cm³/mol. The molecule has 1 amide bonds. The Balaban J connectivity index is 2.14. The number of benzene rings is 2. The maximum atomic E-state index is 12.5. The number of ether oxygens (including phenoxy) is 2. The highest BCUT2D eigenvalue weighted by Gasteiger charge is 2.24. The quantitative estimate of drug-likeness (QED) is 0.408. The molecule has 9 heteroatoms. The molecule has 2 aromatic rings. The van der Waals surface area contributed by atoms with Gasteiger partial charge in [0.1, 0.15) is 11.6 Å². The van der Waals surface area contributed by atoms with Crippen molar-refractivity contribution in [1.82, 2.24) is 5.32 Å². The van der Waals surface area contributed by atoms with E-state index in [-0.39, 0.29) is 17.7 Å². The van der Waals surface area contributed by atoms with Crippen molar-refractivity contribution in [3.63, 3.8) is 0 Å². The number of esters is 2. The van der Waals surface area contributed by atoms with E-state index in [1.54, 1.807) is 45.0 Å². The van der Waals surface area contributed by atoms with E-state index in [9.17, 15) is 24.5 Å². The zero-order valence-corrected chi connectivity index (χ0v) is 17.7. The van der Waals surface area contributed by atoms with Gasteiger partial charge in [0.05, 0.1) is 17.6 Å². The largest absolute Gasteiger partial charge is 0.467 e. The Hall–Kier alpha value is -3.75. The number of hydrogen-bond donors (Lipinski definition) is 1. The highest BCUT2D eigenvalue weighted by Crippen LogP contribution is 2.15. The van der Waals surface area contributed by atoms with Gasteiger partial charge in [-0.15, -0.1) is 0 Å². The first-order chi connectivity index (χ1) is 14.5. The summed E-state index contributed by atoms with van der Waals surface area (Å²) in [4.78, 5) is 47.1. The van der Waals surface area contributed by atoms with Crippen LogP contribution in [-0.2, 0) is 20.7 Å². The molecule has 0 radical (unpaired) electrons. The van der Waals surface area contributed by atoms with Crippen LogP contribution in [0.15, 0.2) is 48.5 Å². The first-order valence-corrected chi connectivity index (χ1v) is 9.45. The average Bonchev–Trinajstić information content (AvgIpc) is 2.71. The smallest absolute Gasteiger partial charge is 0.338 e. The Labute approximate surface area is 179 Å². The van der Waals surface area contributed by atoms with E-state index in [2.05, 4.69) is 5.32 Å². The number of nitrogens with zero attached hydrogens (tertiary/aromatic N) is 1. The third-order valence-electron chi connectivity index (χ3n) is 4.14. The monoisotopic (exact) mass is 428 g/mol. The van der Waals surface area contributed by atoms with E-state index < -0.39 is 34.4 Å². The summed E-state index contributed by atoms with van der Waals surface area (Å²) in [6, 6.07) is 10.6. The lowest BCUT2D eigenvalue weighted by Gasteiger charge is -2.20. The number of nitrogens with one attached hydrogen (secondary N) is 1. The molecule has 1 atom stereocenters. The summed E-state index contributed by atoms with van der Waals surface area (Å²) in [5, 5.41) is 13.5. The van der Waals surface area contributed by atoms with Crippen LogP contribution in [0.5, 0.6) is 0 Å². The first kappa shape index (κ1) is 23.5. The minimum absolute atomic E-state index is 0.0448. The summed E-state index contributed by atoms with van der Waals surface area (Å²) >= 11 is 0. The molecule has 0 fully saturated rings. The van der Waals surface area contributed by atoms with Gasteiger partial charge in [0.2, 0.25) is 0 Å². The lowest BCUT2D eigenvalue weighted by atomic mass is 10.0. The summed E-state index contributed by atoms with van der Waals surface area (Å²) in [5.41, 5.74) is 0.210. The zero-order chi connectivity index (χ0) is 23.2. The van der Waals surface area contributed by atoms with Crippen molar-refractivity contribution in [2.24, 2.45) is 0 Å². The molecule has 2 aromatic carbocycles. The lowest BCUT2D eigenvalue weighted by molar-refractivity contribution is -0.384. The van der Waals surface area contributed by atoms with E-state index in [0.29, 0.717) is 11.1 Å². The third kappa shape index (κ3) is 6.91. The van der Waals surface area contributed by atoms with Crippen molar-refractivity contribution in [1.29, 1.82) is 0 Å². The average molecular weight is 428 g/mol. The standard InChI is InChI=1S/C22H24N2O7/c1-22(2,3)31-20(26)15-10-8-14(9-11-15)12-18(21(27)30-4)23-19(25)16-6-5-7-17(13-16)24(28)29/h5-11,13,18H,12H2,1-4H3,(H,23,25)/t18-/m1/s1. The fourth-order valence-electron chi connectivity index (χ4n) is 2.69. The summed E-state index contributed by atoms with van der Waals surface area (Å²) in [6.45, 7) is 5.30. The summed E-state index contributed by atoms with van der Waals surface area (Å²) < 4.78 is 10.1. The van der Waals surface area contributed by atoms with Crippen molar-refractivity contribution in [2.75, 3.05) is 7.11 Å². The predicted octanol–water partition coefficient (Wildman–Crippen LogP) is 3.06. The normalized spacial score (nSPS) is 11.9. The molecule has 9 nitrogen and oxygen atoms in total. The topological polar surface area (TPSA) is 125 Å². The number of amides is 1. The van der Waals surface area contributed by atoms with Crippen LogP contribution in [0, 0.1) is 10.1 Å². The van der Waals surface area contributed by atoms with Crippen LogP contribution in [0.4, 0.5) is 5.69 Å². The van der Waals surface area contributed by atoms with Crippen LogP contribution in [0.2, 0.25) is 0 Å². The SMILES string of the molecule is COC(=O)[C@@H](Cc1ccc(C(=O)OC(C)(C)C)cc1)NC(=O)c1cccc([N+](=O)[O-])c1. The Morgan fingerprint density at radius 1 is 1.06 bits per heavy atom. The molecule has 0 spiro atoms. The van der Waals surface area contributed by atoms with E-state index in [1.807, 2.05) is 0 Å². The second-order valence-electron chi connectivity index (χ2n) is 7.76. The number of methoxy groups -OCH3 is 1. The van der Waals surface area contributed by atoms with Crippen molar-refractivity contribution >= 4 is 23.5 Å². The van der Waals surface area contributed by atoms with Gasteiger partial charge in [0, 0.05) is 24.1 Å². The Kier molecular flexibility index (Phi) is 7.47. The van der Waals surface area contributed by atoms with Crippen LogP contribution in [-0.4, -0.2) is 41.5 Å². The maximum absolute atomic E-state index is 12.5. The molecule has 0 bridgehead atoms. The van der Waals surface area contributed by atoms with Gasteiger partial charge in [-0.2, -0.15) is 0 Å². The Morgan fingerprint density at radius 2 is 1.71 bits per heavy atom. The third-order valence-corrected chi connectivity index (χ3v) is 4.14. The minimum Gasteiger partial charge on any atom is -0.467 e. The van der Waals surface area contributed by atoms with Gasteiger partial charge >= 0.3 is 11.9 Å². The number of hydrogen-bond acceptors (Lipinski definition) is 7. The molecule has 1 N–H and O–H groups in total. The number of rotatable bonds is 7. The molecule has 0 aliphatic rings. The van der Waals surface area contributed by atoms with Crippen molar-refractivity contribution in [3.05, 3.63) is 75.3 Å². The first-order valence-electron chi connectivity index (χ1n) is 9.45. The number of non-ortho nitro benzene ring substituents is 1. The van der Waals surface area contributed by atoms with Gasteiger partial charge in [0.15, 0.2) is 0 Å². The van der Waals surface area contributed by atoms with Gasteiger partial charge in [-0.25, -0.2) is 9.59 Å². The van der Waals surface area contributed by atoms with E-state index >= 15 is 0 Å². The molecule has 164 valence electrons. The lowest BCUT2D eigenvalue weighted by Crippen LogP contribution is -2.43. The molecule has 0 aromatic heterocycles. The number of carbonyl (C=O) groups is 3. The fourth-order valence-corrected chi connectivity index (χ4v) is 2.69. The van der Waals surface area contributed by atoms with Gasteiger partial charge < -0.3 is 14.8 Å². The van der Waals surface area contributed by atoms with Crippen molar-refractivity contribution in [3.8, 4) is 0 Å². The van der Waals surface area contributed by atoms with Crippen LogP contribution in [0.1, 0.15) is 47.1 Å². The van der Waals surface area contributed by atoms with Crippen LogP contribution < -0.4 is 5.32 Å². The molecule has 0 unspecified atom stereocenters.